The number of hydrogen-bond donors (Lipinski definition) is 1. The summed E-state index contributed by atoms with van der Waals surface area (Å²) in [6.45, 7) is 6.02. The van der Waals surface area contributed by atoms with E-state index in [1.54, 1.807) is 0 Å². The Morgan fingerprint density at radius 1 is 1.30 bits per heavy atom. The van der Waals surface area contributed by atoms with E-state index in [2.05, 4.69) is 4.98 Å². The lowest BCUT2D eigenvalue weighted by atomic mass is 10.3. The Morgan fingerprint density at radius 3 is 2.20 bits per heavy atom. The molecule has 0 atom stereocenters. The maximum atomic E-state index is 4.82. The highest BCUT2D eigenvalue weighted by molar-refractivity contribution is 7.71. The average molecular weight is 155 g/mol. The summed E-state index contributed by atoms with van der Waals surface area (Å²) in [5, 5.41) is 0. The van der Waals surface area contributed by atoms with Gasteiger partial charge in [0.05, 0.1) is 0 Å². The molecule has 0 aliphatic rings. The topological polar surface area (TPSA) is 15.8 Å². The van der Waals surface area contributed by atoms with Crippen LogP contribution in [-0.4, -0.2) is 4.98 Å². The zero-order valence-corrected chi connectivity index (χ0v) is 7.46. The molecular weight excluding hydrogens is 142 g/mol. The van der Waals surface area contributed by atoms with E-state index in [-0.39, 0.29) is 0 Å². The number of nitrogens with one attached hydrogen (secondary N) is 1. The number of hydrogen-bond acceptors (Lipinski definition) is 1. The summed E-state index contributed by atoms with van der Waals surface area (Å²) >= 11 is 4.82. The van der Waals surface area contributed by atoms with Crippen LogP contribution < -0.4 is 0 Å². The van der Waals surface area contributed by atoms with Gasteiger partial charge < -0.3 is 4.98 Å². The van der Waals surface area contributed by atoms with Gasteiger partial charge in [-0.1, -0.05) is 32.1 Å². The van der Waals surface area contributed by atoms with Gasteiger partial charge in [-0.2, -0.15) is 0 Å². The highest BCUT2D eigenvalue weighted by Crippen LogP contribution is 1.91. The zero-order valence-electron chi connectivity index (χ0n) is 6.64. The first-order chi connectivity index (χ1) is 4.79. The van der Waals surface area contributed by atoms with Gasteiger partial charge in [0.2, 0.25) is 0 Å². The van der Waals surface area contributed by atoms with Gasteiger partial charge in [-0.3, -0.25) is 0 Å². The molecule has 0 aliphatic carbocycles. The van der Waals surface area contributed by atoms with Crippen molar-refractivity contribution in [3.8, 4) is 0 Å². The molecule has 1 aromatic rings. The molecule has 56 valence electrons. The number of aromatic amines is 1. The SMILES string of the molecule is CC.Cc1ccc(=S)[nH]c1. The summed E-state index contributed by atoms with van der Waals surface area (Å²) in [6, 6.07) is 3.86. The standard InChI is InChI=1S/C6H7NS.C2H6/c1-5-2-3-6(8)7-4-5;1-2/h2-4H,1H3,(H,7,8);1-2H3. The first-order valence-corrected chi connectivity index (χ1v) is 3.85. The second-order valence-electron chi connectivity index (χ2n) is 1.73. The Labute approximate surface area is 67.1 Å². The van der Waals surface area contributed by atoms with Crippen LogP contribution in [0.25, 0.3) is 0 Å². The number of pyridine rings is 1. The molecular formula is C8H13NS. The fourth-order valence-corrected chi connectivity index (χ4v) is 0.615. The third-order valence-electron chi connectivity index (χ3n) is 0.940. The average Bonchev–Trinajstić information content (AvgIpc) is 2.00. The third-order valence-corrected chi connectivity index (χ3v) is 1.19. The van der Waals surface area contributed by atoms with Crippen molar-refractivity contribution in [1.29, 1.82) is 0 Å². The van der Waals surface area contributed by atoms with Gasteiger partial charge in [-0.15, -0.1) is 0 Å². The zero-order chi connectivity index (χ0) is 7.98. The van der Waals surface area contributed by atoms with Crippen molar-refractivity contribution < 1.29 is 0 Å². The molecule has 0 fully saturated rings. The summed E-state index contributed by atoms with van der Waals surface area (Å²) in [5.41, 5.74) is 1.21. The van der Waals surface area contributed by atoms with Gasteiger partial charge in [0.25, 0.3) is 0 Å². The van der Waals surface area contributed by atoms with E-state index >= 15 is 0 Å². The summed E-state index contributed by atoms with van der Waals surface area (Å²) < 4.78 is 0.788. The fourth-order valence-electron chi connectivity index (χ4n) is 0.488. The predicted molar refractivity (Wildman–Crippen MR) is 47.7 cm³/mol. The second kappa shape index (κ2) is 5.18. The smallest absolute Gasteiger partial charge is 0.103 e. The monoisotopic (exact) mass is 155 g/mol. The minimum absolute atomic E-state index is 0.788. The number of rotatable bonds is 0. The highest BCUT2D eigenvalue weighted by Gasteiger charge is 1.76. The van der Waals surface area contributed by atoms with Crippen molar-refractivity contribution in [2.45, 2.75) is 20.8 Å². The molecule has 0 saturated carbocycles. The highest BCUT2D eigenvalue weighted by atomic mass is 32.1. The molecule has 0 aliphatic heterocycles. The molecule has 0 unspecified atom stereocenters. The molecule has 1 N–H and O–H groups in total. The molecule has 0 bridgehead atoms. The first kappa shape index (κ1) is 9.37. The lowest BCUT2D eigenvalue weighted by molar-refractivity contribution is 1.25. The van der Waals surface area contributed by atoms with Crippen LogP contribution in [0.4, 0.5) is 0 Å². The summed E-state index contributed by atoms with van der Waals surface area (Å²) in [5.74, 6) is 0. The van der Waals surface area contributed by atoms with Crippen molar-refractivity contribution in [2.24, 2.45) is 0 Å². The fraction of sp³-hybridized carbons (Fsp3) is 0.375. The van der Waals surface area contributed by atoms with E-state index in [4.69, 9.17) is 12.2 Å². The molecule has 1 rings (SSSR count). The maximum Gasteiger partial charge on any atom is 0.103 e. The van der Waals surface area contributed by atoms with E-state index in [9.17, 15) is 0 Å². The van der Waals surface area contributed by atoms with Crippen molar-refractivity contribution in [3.63, 3.8) is 0 Å². The minimum atomic E-state index is 0.788. The quantitative estimate of drug-likeness (QED) is 0.569. The Morgan fingerprint density at radius 2 is 1.90 bits per heavy atom. The molecule has 2 heteroatoms. The van der Waals surface area contributed by atoms with Crippen LogP contribution in [0.1, 0.15) is 19.4 Å². The molecule has 0 spiro atoms. The van der Waals surface area contributed by atoms with Gasteiger partial charge in [-0.25, -0.2) is 0 Å². The van der Waals surface area contributed by atoms with Gasteiger partial charge >= 0.3 is 0 Å². The van der Waals surface area contributed by atoms with E-state index in [0.29, 0.717) is 0 Å². The molecule has 0 radical (unpaired) electrons. The van der Waals surface area contributed by atoms with Crippen LogP contribution in [-0.2, 0) is 0 Å². The minimum Gasteiger partial charge on any atom is -0.353 e. The number of H-pyrrole nitrogens is 1. The number of aryl methyl sites for hydroxylation is 1. The largest absolute Gasteiger partial charge is 0.353 e. The van der Waals surface area contributed by atoms with E-state index < -0.39 is 0 Å². The Bertz CT molecular complexity index is 206. The Hall–Kier alpha value is -0.630. The lowest BCUT2D eigenvalue weighted by Crippen LogP contribution is -1.73. The second-order valence-corrected chi connectivity index (χ2v) is 2.17. The molecule has 10 heavy (non-hydrogen) atoms. The molecule has 1 aromatic heterocycles. The van der Waals surface area contributed by atoms with Crippen molar-refractivity contribution >= 4 is 12.2 Å². The van der Waals surface area contributed by atoms with Gasteiger partial charge in [0.15, 0.2) is 0 Å². The van der Waals surface area contributed by atoms with Gasteiger partial charge in [-0.05, 0) is 18.6 Å². The van der Waals surface area contributed by atoms with Crippen LogP contribution in [0, 0.1) is 11.6 Å². The maximum absolute atomic E-state index is 4.82. The molecule has 0 aromatic carbocycles. The summed E-state index contributed by atoms with van der Waals surface area (Å²) in [6.07, 6.45) is 1.89. The normalized spacial score (nSPS) is 7.90. The molecule has 1 heterocycles. The lowest BCUT2D eigenvalue weighted by Gasteiger charge is -1.85. The van der Waals surface area contributed by atoms with Crippen LogP contribution in [0.15, 0.2) is 18.3 Å². The van der Waals surface area contributed by atoms with Crippen LogP contribution in [0.5, 0.6) is 0 Å². The Kier molecular flexibility index (Phi) is 4.85. The summed E-state index contributed by atoms with van der Waals surface area (Å²) in [4.78, 5) is 2.91. The first-order valence-electron chi connectivity index (χ1n) is 3.44. The van der Waals surface area contributed by atoms with Gasteiger partial charge in [0, 0.05) is 6.20 Å². The molecule has 0 saturated heterocycles. The predicted octanol–water partition coefficient (Wildman–Crippen LogP) is 3.08. The molecule has 1 nitrogen and oxygen atoms in total. The van der Waals surface area contributed by atoms with E-state index in [1.807, 2.05) is 39.1 Å². The van der Waals surface area contributed by atoms with Crippen LogP contribution in [0.2, 0.25) is 0 Å². The Balaban J connectivity index is 0.000000371. The van der Waals surface area contributed by atoms with Crippen LogP contribution in [0.3, 0.4) is 0 Å². The molecule has 0 amide bonds. The number of aromatic nitrogens is 1. The van der Waals surface area contributed by atoms with Crippen molar-refractivity contribution in [2.75, 3.05) is 0 Å². The van der Waals surface area contributed by atoms with Crippen molar-refractivity contribution in [3.05, 3.63) is 28.5 Å². The van der Waals surface area contributed by atoms with Crippen LogP contribution >= 0.6 is 12.2 Å². The van der Waals surface area contributed by atoms with Crippen molar-refractivity contribution in [1.82, 2.24) is 4.98 Å². The summed E-state index contributed by atoms with van der Waals surface area (Å²) in [7, 11) is 0. The van der Waals surface area contributed by atoms with E-state index in [1.165, 1.54) is 5.56 Å². The third kappa shape index (κ3) is 3.41. The van der Waals surface area contributed by atoms with E-state index in [0.717, 1.165) is 4.64 Å². The van der Waals surface area contributed by atoms with Gasteiger partial charge in [0.1, 0.15) is 4.64 Å².